The van der Waals surface area contributed by atoms with E-state index in [9.17, 15) is 4.79 Å². The maximum atomic E-state index is 11.5. The van der Waals surface area contributed by atoms with Crippen molar-refractivity contribution >= 4 is 5.78 Å². The maximum absolute atomic E-state index is 11.5. The lowest BCUT2D eigenvalue weighted by Gasteiger charge is -2.11. The zero-order valence-corrected chi connectivity index (χ0v) is 8.48. The molecule has 1 aliphatic carbocycles. The van der Waals surface area contributed by atoms with E-state index in [1.807, 2.05) is 13.0 Å². The van der Waals surface area contributed by atoms with Gasteiger partial charge in [-0.15, -0.1) is 0 Å². The number of allylic oxidation sites excluding steroid dienone is 2. The van der Waals surface area contributed by atoms with Gasteiger partial charge in [-0.3, -0.25) is 4.79 Å². The van der Waals surface area contributed by atoms with Gasteiger partial charge in [0.15, 0.2) is 5.78 Å². The van der Waals surface area contributed by atoms with Crippen molar-refractivity contribution in [2.24, 2.45) is 10.8 Å². The molecule has 1 rings (SSSR count). The van der Waals surface area contributed by atoms with Gasteiger partial charge in [0.2, 0.25) is 0 Å². The highest BCUT2D eigenvalue weighted by Gasteiger charge is 2.43. The van der Waals surface area contributed by atoms with Crippen molar-refractivity contribution in [1.82, 2.24) is 0 Å². The molecule has 1 heteroatoms. The summed E-state index contributed by atoms with van der Waals surface area (Å²) in [5.74, 6) is 0.303. The van der Waals surface area contributed by atoms with Gasteiger partial charge in [-0.25, -0.2) is 0 Å². The molecule has 0 bridgehead atoms. The van der Waals surface area contributed by atoms with E-state index in [0.717, 1.165) is 12.8 Å². The molecule has 0 radical (unpaired) electrons. The molecule has 0 saturated heterocycles. The molecule has 0 heterocycles. The number of ketones is 1. The Morgan fingerprint density at radius 3 is 2.17 bits per heavy atom. The Morgan fingerprint density at radius 1 is 1.33 bits per heavy atom. The van der Waals surface area contributed by atoms with Crippen LogP contribution in [0.25, 0.3) is 0 Å². The number of hydrogen-bond acceptors (Lipinski definition) is 1. The van der Waals surface area contributed by atoms with E-state index in [2.05, 4.69) is 20.8 Å². The molecule has 0 N–H and O–H groups in total. The van der Waals surface area contributed by atoms with E-state index < -0.39 is 0 Å². The standard InChI is InChI=1S/C11H18O/c1-10(2,3)6-5-9(12)11(4)7-8-11/h5-6H,7-8H2,1-4H3/b6-5+. The molecule has 0 aromatic carbocycles. The maximum Gasteiger partial charge on any atom is 0.161 e. The van der Waals surface area contributed by atoms with Gasteiger partial charge < -0.3 is 0 Å². The minimum atomic E-state index is 0.00174. The average molecular weight is 166 g/mol. The third-order valence-corrected chi connectivity index (χ3v) is 2.33. The van der Waals surface area contributed by atoms with E-state index in [-0.39, 0.29) is 10.8 Å². The second-order valence-corrected chi connectivity index (χ2v) is 5.12. The summed E-state index contributed by atoms with van der Waals surface area (Å²) in [6.07, 6.45) is 5.90. The van der Waals surface area contributed by atoms with Crippen LogP contribution in [0.5, 0.6) is 0 Å². The van der Waals surface area contributed by atoms with E-state index in [0.29, 0.717) is 5.78 Å². The SMILES string of the molecule is CC(C)(C)/C=C/C(=O)C1(C)CC1. The molecular formula is C11H18O. The predicted octanol–water partition coefficient (Wildman–Crippen LogP) is 2.96. The summed E-state index contributed by atoms with van der Waals surface area (Å²) in [6, 6.07) is 0. The first-order valence-electron chi connectivity index (χ1n) is 4.57. The Balaban J connectivity index is 2.52. The Labute approximate surface area is 74.9 Å². The predicted molar refractivity (Wildman–Crippen MR) is 50.9 cm³/mol. The monoisotopic (exact) mass is 166 g/mol. The molecule has 1 aliphatic rings. The van der Waals surface area contributed by atoms with Crippen molar-refractivity contribution in [3.8, 4) is 0 Å². The lowest BCUT2D eigenvalue weighted by Crippen LogP contribution is -2.09. The first-order chi connectivity index (χ1) is 5.33. The molecule has 0 aromatic heterocycles. The van der Waals surface area contributed by atoms with Crippen LogP contribution in [0.1, 0.15) is 40.5 Å². The Morgan fingerprint density at radius 2 is 1.83 bits per heavy atom. The molecule has 0 unspecified atom stereocenters. The normalized spacial score (nSPS) is 21.3. The highest BCUT2D eigenvalue weighted by molar-refractivity contribution is 5.96. The topological polar surface area (TPSA) is 17.1 Å². The van der Waals surface area contributed by atoms with Crippen molar-refractivity contribution in [2.45, 2.75) is 40.5 Å². The van der Waals surface area contributed by atoms with Gasteiger partial charge in [0, 0.05) is 5.41 Å². The molecule has 1 saturated carbocycles. The summed E-state index contributed by atoms with van der Waals surface area (Å²) in [5, 5.41) is 0. The largest absolute Gasteiger partial charge is 0.294 e. The molecule has 12 heavy (non-hydrogen) atoms. The Kier molecular flexibility index (Phi) is 2.15. The zero-order valence-electron chi connectivity index (χ0n) is 8.48. The van der Waals surface area contributed by atoms with Gasteiger partial charge in [0.25, 0.3) is 0 Å². The summed E-state index contributed by atoms with van der Waals surface area (Å²) < 4.78 is 0. The molecule has 0 aliphatic heterocycles. The summed E-state index contributed by atoms with van der Waals surface area (Å²) in [5.41, 5.74) is 0.128. The number of carbonyl (C=O) groups excluding carboxylic acids is 1. The molecule has 1 fully saturated rings. The second kappa shape index (κ2) is 2.72. The van der Waals surface area contributed by atoms with Crippen molar-refractivity contribution in [3.05, 3.63) is 12.2 Å². The molecule has 68 valence electrons. The van der Waals surface area contributed by atoms with Crippen molar-refractivity contribution in [2.75, 3.05) is 0 Å². The van der Waals surface area contributed by atoms with Crippen LogP contribution in [0.2, 0.25) is 0 Å². The molecule has 0 spiro atoms. The fourth-order valence-corrected chi connectivity index (χ4v) is 0.961. The molecule has 0 atom stereocenters. The zero-order chi connectivity index (χ0) is 9.41. The highest BCUT2D eigenvalue weighted by atomic mass is 16.1. The smallest absolute Gasteiger partial charge is 0.161 e. The summed E-state index contributed by atoms with van der Waals surface area (Å²) >= 11 is 0. The third-order valence-electron chi connectivity index (χ3n) is 2.33. The molecule has 0 amide bonds. The van der Waals surface area contributed by atoms with Crippen LogP contribution < -0.4 is 0 Å². The van der Waals surface area contributed by atoms with Crippen LogP contribution in [0.3, 0.4) is 0 Å². The molecule has 1 nitrogen and oxygen atoms in total. The van der Waals surface area contributed by atoms with Crippen molar-refractivity contribution < 1.29 is 4.79 Å². The van der Waals surface area contributed by atoms with E-state index in [1.165, 1.54) is 0 Å². The highest BCUT2D eigenvalue weighted by Crippen LogP contribution is 2.46. The van der Waals surface area contributed by atoms with Crippen LogP contribution in [0, 0.1) is 10.8 Å². The van der Waals surface area contributed by atoms with Gasteiger partial charge in [-0.1, -0.05) is 33.8 Å². The average Bonchev–Trinajstić information content (AvgIpc) is 2.62. The summed E-state index contributed by atoms with van der Waals surface area (Å²) in [4.78, 5) is 11.5. The van der Waals surface area contributed by atoms with Gasteiger partial charge in [-0.2, -0.15) is 0 Å². The van der Waals surface area contributed by atoms with Crippen LogP contribution >= 0.6 is 0 Å². The lowest BCUT2D eigenvalue weighted by atomic mass is 9.94. The van der Waals surface area contributed by atoms with Gasteiger partial charge in [0.1, 0.15) is 0 Å². The van der Waals surface area contributed by atoms with Crippen LogP contribution in [0.15, 0.2) is 12.2 Å². The molecular weight excluding hydrogens is 148 g/mol. The van der Waals surface area contributed by atoms with Crippen LogP contribution in [-0.4, -0.2) is 5.78 Å². The van der Waals surface area contributed by atoms with Gasteiger partial charge >= 0.3 is 0 Å². The van der Waals surface area contributed by atoms with Crippen LogP contribution in [-0.2, 0) is 4.79 Å². The summed E-state index contributed by atoms with van der Waals surface area (Å²) in [7, 11) is 0. The Bertz CT molecular complexity index is 214. The number of rotatable bonds is 2. The number of carbonyl (C=O) groups is 1. The van der Waals surface area contributed by atoms with Crippen molar-refractivity contribution in [3.63, 3.8) is 0 Å². The van der Waals surface area contributed by atoms with Crippen LogP contribution in [0.4, 0.5) is 0 Å². The van der Waals surface area contributed by atoms with E-state index in [1.54, 1.807) is 6.08 Å². The van der Waals surface area contributed by atoms with Crippen molar-refractivity contribution in [1.29, 1.82) is 0 Å². The quantitative estimate of drug-likeness (QED) is 0.576. The lowest BCUT2D eigenvalue weighted by molar-refractivity contribution is -0.118. The summed E-state index contributed by atoms with van der Waals surface area (Å²) in [6.45, 7) is 8.35. The van der Waals surface area contributed by atoms with Gasteiger partial charge in [0.05, 0.1) is 0 Å². The van der Waals surface area contributed by atoms with E-state index in [4.69, 9.17) is 0 Å². The minimum absolute atomic E-state index is 0.00174. The van der Waals surface area contributed by atoms with Gasteiger partial charge in [-0.05, 0) is 24.3 Å². The first-order valence-corrected chi connectivity index (χ1v) is 4.57. The molecule has 0 aromatic rings. The van der Waals surface area contributed by atoms with E-state index >= 15 is 0 Å². The third kappa shape index (κ3) is 2.47. The first kappa shape index (κ1) is 9.50. The fourth-order valence-electron chi connectivity index (χ4n) is 0.961. The fraction of sp³-hybridized carbons (Fsp3) is 0.727. The number of hydrogen-bond donors (Lipinski definition) is 0. The Hall–Kier alpha value is -0.590. The minimum Gasteiger partial charge on any atom is -0.294 e. The second-order valence-electron chi connectivity index (χ2n) is 5.12.